The molecule has 0 saturated carbocycles. The zero-order valence-electron chi connectivity index (χ0n) is 10.8. The summed E-state index contributed by atoms with van der Waals surface area (Å²) in [6.45, 7) is 0.244. The Balaban J connectivity index is 2.49. The molecule has 20 heavy (non-hydrogen) atoms. The number of anilines is 1. The van der Waals surface area contributed by atoms with Crippen LogP contribution in [0.3, 0.4) is 0 Å². The molecule has 2 rings (SSSR count). The molecule has 2 aromatic rings. The van der Waals surface area contributed by atoms with Crippen LogP contribution < -0.4 is 11.3 Å². The van der Waals surface area contributed by atoms with Crippen molar-refractivity contribution in [1.29, 1.82) is 0 Å². The zero-order chi connectivity index (χ0) is 14.7. The Bertz CT molecular complexity index is 710. The lowest BCUT2D eigenvalue weighted by molar-refractivity contribution is 0.0600. The average Bonchev–Trinajstić information content (AvgIpc) is 2.43. The molecular formula is C14H13BrN2O3. The highest BCUT2D eigenvalue weighted by molar-refractivity contribution is 9.10. The maximum absolute atomic E-state index is 12.0. The molecule has 0 saturated heterocycles. The van der Waals surface area contributed by atoms with Crippen molar-refractivity contribution in [3.63, 3.8) is 0 Å². The molecule has 1 aromatic carbocycles. The smallest absolute Gasteiger partial charge is 0.340 e. The third kappa shape index (κ3) is 2.75. The van der Waals surface area contributed by atoms with Crippen LogP contribution >= 0.6 is 15.9 Å². The zero-order valence-corrected chi connectivity index (χ0v) is 12.4. The molecule has 0 aliphatic heterocycles. The van der Waals surface area contributed by atoms with Gasteiger partial charge in [0, 0.05) is 11.9 Å². The highest BCUT2D eigenvalue weighted by Crippen LogP contribution is 2.19. The fourth-order valence-electron chi connectivity index (χ4n) is 1.92. The molecule has 5 nitrogen and oxygen atoms in total. The van der Waals surface area contributed by atoms with E-state index in [4.69, 9.17) is 10.5 Å². The lowest BCUT2D eigenvalue weighted by Gasteiger charge is -2.12. The maximum Gasteiger partial charge on any atom is 0.340 e. The summed E-state index contributed by atoms with van der Waals surface area (Å²) in [7, 11) is 1.30. The Hall–Kier alpha value is -2.08. The monoisotopic (exact) mass is 336 g/mol. The van der Waals surface area contributed by atoms with E-state index in [0.29, 0.717) is 21.3 Å². The molecule has 2 N–H and O–H groups in total. The van der Waals surface area contributed by atoms with Gasteiger partial charge in [0.05, 0.1) is 23.7 Å². The van der Waals surface area contributed by atoms with Gasteiger partial charge in [-0.15, -0.1) is 0 Å². The minimum absolute atomic E-state index is 0.175. The van der Waals surface area contributed by atoms with E-state index < -0.39 is 5.97 Å². The Labute approximate surface area is 124 Å². The minimum Gasteiger partial charge on any atom is -0.465 e. The van der Waals surface area contributed by atoms with Crippen LogP contribution in [0.1, 0.15) is 15.9 Å². The van der Waals surface area contributed by atoms with Crippen molar-refractivity contribution in [2.45, 2.75) is 6.54 Å². The van der Waals surface area contributed by atoms with E-state index in [2.05, 4.69) is 15.9 Å². The number of hydrogen-bond acceptors (Lipinski definition) is 4. The van der Waals surface area contributed by atoms with Gasteiger partial charge in [-0.25, -0.2) is 4.79 Å². The quantitative estimate of drug-likeness (QED) is 0.687. The van der Waals surface area contributed by atoms with E-state index in [1.807, 2.05) is 0 Å². The second-order valence-corrected chi connectivity index (χ2v) is 5.02. The van der Waals surface area contributed by atoms with E-state index in [1.54, 1.807) is 36.5 Å². The molecule has 0 fully saturated rings. The largest absolute Gasteiger partial charge is 0.465 e. The SMILES string of the molecule is COC(=O)c1c(N)cccc1Cn1cccc(Br)c1=O. The number of nitrogen functional groups attached to an aromatic ring is 1. The van der Waals surface area contributed by atoms with Crippen LogP contribution in [0.5, 0.6) is 0 Å². The number of nitrogens with two attached hydrogens (primary N) is 1. The fraction of sp³-hybridized carbons (Fsp3) is 0.143. The van der Waals surface area contributed by atoms with Gasteiger partial charge in [0.25, 0.3) is 5.56 Å². The molecule has 0 radical (unpaired) electrons. The van der Waals surface area contributed by atoms with Crippen molar-refractivity contribution in [2.24, 2.45) is 0 Å². The van der Waals surface area contributed by atoms with Crippen LogP contribution in [-0.2, 0) is 11.3 Å². The second kappa shape index (κ2) is 5.92. The van der Waals surface area contributed by atoms with E-state index in [-0.39, 0.29) is 12.1 Å². The molecule has 0 amide bonds. The molecule has 1 aromatic heterocycles. The summed E-state index contributed by atoms with van der Waals surface area (Å²) in [5, 5.41) is 0. The van der Waals surface area contributed by atoms with E-state index >= 15 is 0 Å². The molecule has 0 aliphatic rings. The Kier molecular flexibility index (Phi) is 4.24. The minimum atomic E-state index is -0.513. The number of pyridine rings is 1. The highest BCUT2D eigenvalue weighted by Gasteiger charge is 2.16. The first-order chi connectivity index (χ1) is 9.54. The third-order valence-electron chi connectivity index (χ3n) is 2.89. The van der Waals surface area contributed by atoms with Crippen LogP contribution in [0.4, 0.5) is 5.69 Å². The van der Waals surface area contributed by atoms with Gasteiger partial charge in [0.2, 0.25) is 0 Å². The summed E-state index contributed by atoms with van der Waals surface area (Å²) in [6.07, 6.45) is 1.65. The molecule has 0 atom stereocenters. The van der Waals surface area contributed by atoms with Gasteiger partial charge in [-0.2, -0.15) is 0 Å². The van der Waals surface area contributed by atoms with E-state index in [9.17, 15) is 9.59 Å². The molecule has 0 bridgehead atoms. The van der Waals surface area contributed by atoms with Crippen LogP contribution in [0.2, 0.25) is 0 Å². The predicted molar refractivity (Wildman–Crippen MR) is 79.7 cm³/mol. The predicted octanol–water partition coefficient (Wildman–Crippen LogP) is 2.03. The van der Waals surface area contributed by atoms with Crippen LogP contribution in [-0.4, -0.2) is 17.6 Å². The molecular weight excluding hydrogens is 324 g/mol. The number of halogens is 1. The Morgan fingerprint density at radius 1 is 1.35 bits per heavy atom. The van der Waals surface area contributed by atoms with E-state index in [1.165, 1.54) is 11.7 Å². The van der Waals surface area contributed by atoms with E-state index in [0.717, 1.165) is 0 Å². The number of nitrogens with zero attached hydrogens (tertiary/aromatic N) is 1. The van der Waals surface area contributed by atoms with Gasteiger partial charge < -0.3 is 15.0 Å². The second-order valence-electron chi connectivity index (χ2n) is 4.16. The number of hydrogen-bond donors (Lipinski definition) is 1. The van der Waals surface area contributed by atoms with Crippen molar-refractivity contribution in [1.82, 2.24) is 4.57 Å². The summed E-state index contributed by atoms with van der Waals surface area (Å²) in [6, 6.07) is 8.52. The number of ether oxygens (including phenoxy) is 1. The highest BCUT2D eigenvalue weighted by atomic mass is 79.9. The Morgan fingerprint density at radius 2 is 2.10 bits per heavy atom. The van der Waals surface area contributed by atoms with Crippen molar-refractivity contribution >= 4 is 27.6 Å². The number of carbonyl (C=O) groups is 1. The molecule has 0 unspecified atom stereocenters. The first-order valence-corrected chi connectivity index (χ1v) is 6.64. The standard InChI is InChI=1S/C14H13BrN2O3/c1-20-14(19)12-9(4-2-6-11(12)16)8-17-7-3-5-10(15)13(17)18/h2-7H,8,16H2,1H3. The van der Waals surface area contributed by atoms with Gasteiger partial charge in [0.15, 0.2) is 0 Å². The first-order valence-electron chi connectivity index (χ1n) is 5.85. The number of esters is 1. The number of carbonyl (C=O) groups excluding carboxylic acids is 1. The van der Waals surface area contributed by atoms with Crippen molar-refractivity contribution in [2.75, 3.05) is 12.8 Å². The fourth-order valence-corrected chi connectivity index (χ4v) is 2.30. The van der Waals surface area contributed by atoms with Crippen LogP contribution in [0, 0.1) is 0 Å². The van der Waals surface area contributed by atoms with Crippen LogP contribution in [0.15, 0.2) is 45.8 Å². The lowest BCUT2D eigenvalue weighted by Crippen LogP contribution is -2.22. The van der Waals surface area contributed by atoms with Gasteiger partial charge in [-0.1, -0.05) is 12.1 Å². The maximum atomic E-state index is 12.0. The molecule has 6 heteroatoms. The molecule has 104 valence electrons. The number of benzene rings is 1. The summed E-state index contributed by atoms with van der Waals surface area (Å²) >= 11 is 3.19. The number of rotatable bonds is 3. The number of methoxy groups -OCH3 is 1. The molecule has 0 spiro atoms. The lowest BCUT2D eigenvalue weighted by atomic mass is 10.1. The van der Waals surface area contributed by atoms with Gasteiger partial charge in [-0.3, -0.25) is 4.79 Å². The first kappa shape index (κ1) is 14.3. The summed E-state index contributed by atoms with van der Waals surface area (Å²) in [4.78, 5) is 23.8. The van der Waals surface area contributed by atoms with Crippen LogP contribution in [0.25, 0.3) is 0 Å². The summed E-state index contributed by atoms with van der Waals surface area (Å²) < 4.78 is 6.69. The number of aromatic nitrogens is 1. The summed E-state index contributed by atoms with van der Waals surface area (Å²) in [5.41, 5.74) is 6.91. The van der Waals surface area contributed by atoms with Crippen molar-refractivity contribution < 1.29 is 9.53 Å². The average molecular weight is 337 g/mol. The summed E-state index contributed by atoms with van der Waals surface area (Å²) in [5.74, 6) is -0.513. The molecule has 0 aliphatic carbocycles. The Morgan fingerprint density at radius 3 is 2.80 bits per heavy atom. The molecule has 1 heterocycles. The van der Waals surface area contributed by atoms with Gasteiger partial charge in [0.1, 0.15) is 0 Å². The van der Waals surface area contributed by atoms with Crippen molar-refractivity contribution in [3.8, 4) is 0 Å². The third-order valence-corrected chi connectivity index (χ3v) is 3.49. The topological polar surface area (TPSA) is 74.3 Å². The van der Waals surface area contributed by atoms with Gasteiger partial charge in [-0.05, 0) is 39.7 Å². The van der Waals surface area contributed by atoms with Gasteiger partial charge >= 0.3 is 5.97 Å². The normalized spacial score (nSPS) is 10.3. The van der Waals surface area contributed by atoms with Crippen molar-refractivity contribution in [3.05, 3.63) is 62.5 Å².